The first-order chi connectivity index (χ1) is 7.96. The van der Waals surface area contributed by atoms with Crippen molar-refractivity contribution in [2.45, 2.75) is 52.0 Å². The minimum Gasteiger partial charge on any atom is -0.481 e. The van der Waals surface area contributed by atoms with Crippen LogP contribution >= 0.6 is 0 Å². The van der Waals surface area contributed by atoms with Crippen molar-refractivity contribution >= 4 is 11.9 Å². The predicted molar refractivity (Wildman–Crippen MR) is 63.5 cm³/mol. The summed E-state index contributed by atoms with van der Waals surface area (Å²) in [6, 6.07) is 0.263. The largest absolute Gasteiger partial charge is 0.481 e. The Kier molecular flexibility index (Phi) is 3.15. The first kappa shape index (κ1) is 12.4. The van der Waals surface area contributed by atoms with Crippen LogP contribution in [-0.2, 0) is 9.59 Å². The van der Waals surface area contributed by atoms with Crippen molar-refractivity contribution in [3.8, 4) is 0 Å². The van der Waals surface area contributed by atoms with Crippen LogP contribution in [0.2, 0.25) is 0 Å². The maximum absolute atomic E-state index is 12.4. The molecule has 1 spiro atoms. The average Bonchev–Trinajstić information content (AvgIpc) is 2.58. The van der Waals surface area contributed by atoms with Gasteiger partial charge in [0.05, 0.1) is 11.3 Å². The van der Waals surface area contributed by atoms with Crippen molar-refractivity contribution in [3.05, 3.63) is 0 Å². The second-order valence-electron chi connectivity index (χ2n) is 5.74. The lowest BCUT2D eigenvalue weighted by Gasteiger charge is -2.34. The SMILES string of the molecule is CC(C)N1CC[C@]2(CC[C@@H](C(=O)O)CC2)C1=O. The number of hydrogen-bond donors (Lipinski definition) is 1. The Hall–Kier alpha value is -1.06. The molecule has 2 fully saturated rings. The molecule has 0 radical (unpaired) electrons. The van der Waals surface area contributed by atoms with Crippen LogP contribution in [0.15, 0.2) is 0 Å². The predicted octanol–water partition coefficient (Wildman–Crippen LogP) is 1.89. The standard InChI is InChI=1S/C13H21NO3/c1-9(2)14-8-7-13(12(14)17)5-3-10(4-6-13)11(15)16/h9-10H,3-8H2,1-2H3,(H,15,16)/t10-,13-. The maximum atomic E-state index is 12.4. The Morgan fingerprint density at radius 2 is 1.94 bits per heavy atom. The van der Waals surface area contributed by atoms with Gasteiger partial charge in [0.2, 0.25) is 5.91 Å². The van der Waals surface area contributed by atoms with Gasteiger partial charge < -0.3 is 10.0 Å². The van der Waals surface area contributed by atoms with E-state index in [1.54, 1.807) is 0 Å². The molecule has 0 aromatic rings. The summed E-state index contributed by atoms with van der Waals surface area (Å²) in [5.41, 5.74) is -0.226. The van der Waals surface area contributed by atoms with Crippen LogP contribution < -0.4 is 0 Å². The molecule has 0 atom stereocenters. The van der Waals surface area contributed by atoms with E-state index in [4.69, 9.17) is 5.11 Å². The van der Waals surface area contributed by atoms with Gasteiger partial charge in [0, 0.05) is 12.6 Å². The second kappa shape index (κ2) is 4.31. The zero-order chi connectivity index (χ0) is 12.6. The molecular weight excluding hydrogens is 218 g/mol. The van der Waals surface area contributed by atoms with Crippen LogP contribution in [0.3, 0.4) is 0 Å². The van der Waals surface area contributed by atoms with Crippen molar-refractivity contribution in [1.82, 2.24) is 4.90 Å². The van der Waals surface area contributed by atoms with Gasteiger partial charge >= 0.3 is 5.97 Å². The highest BCUT2D eigenvalue weighted by atomic mass is 16.4. The molecule has 1 saturated carbocycles. The molecule has 2 aliphatic rings. The van der Waals surface area contributed by atoms with Gasteiger partial charge in [-0.3, -0.25) is 9.59 Å². The third kappa shape index (κ3) is 2.05. The van der Waals surface area contributed by atoms with E-state index < -0.39 is 5.97 Å². The summed E-state index contributed by atoms with van der Waals surface area (Å²) in [7, 11) is 0. The van der Waals surface area contributed by atoms with Crippen LogP contribution in [-0.4, -0.2) is 34.5 Å². The molecule has 0 aromatic carbocycles. The lowest BCUT2D eigenvalue weighted by Crippen LogP contribution is -2.41. The Bertz CT molecular complexity index is 330. The van der Waals surface area contributed by atoms with Gasteiger partial charge in [0.15, 0.2) is 0 Å². The van der Waals surface area contributed by atoms with Gasteiger partial charge in [-0.15, -0.1) is 0 Å². The summed E-state index contributed by atoms with van der Waals surface area (Å²) in [5.74, 6) is -0.677. The molecule has 1 saturated heterocycles. The molecule has 2 rings (SSSR count). The van der Waals surface area contributed by atoms with Crippen LogP contribution in [0.25, 0.3) is 0 Å². The number of nitrogens with zero attached hydrogens (tertiary/aromatic N) is 1. The zero-order valence-corrected chi connectivity index (χ0v) is 10.6. The molecule has 1 amide bonds. The number of rotatable bonds is 2. The fraction of sp³-hybridized carbons (Fsp3) is 0.846. The Balaban J connectivity index is 2.04. The average molecular weight is 239 g/mol. The summed E-state index contributed by atoms with van der Waals surface area (Å²) >= 11 is 0. The monoisotopic (exact) mass is 239 g/mol. The highest BCUT2D eigenvalue weighted by Crippen LogP contribution is 2.46. The Labute approximate surface area is 102 Å². The summed E-state index contributed by atoms with van der Waals surface area (Å²) in [6.45, 7) is 4.92. The molecular formula is C13H21NO3. The van der Waals surface area contributed by atoms with Crippen molar-refractivity contribution < 1.29 is 14.7 Å². The first-order valence-electron chi connectivity index (χ1n) is 6.50. The maximum Gasteiger partial charge on any atom is 0.306 e. The van der Waals surface area contributed by atoms with Crippen LogP contribution in [0.4, 0.5) is 0 Å². The fourth-order valence-electron chi connectivity index (χ4n) is 3.22. The van der Waals surface area contributed by atoms with E-state index in [-0.39, 0.29) is 23.3 Å². The summed E-state index contributed by atoms with van der Waals surface area (Å²) < 4.78 is 0. The molecule has 1 heterocycles. The molecule has 1 N–H and O–H groups in total. The van der Waals surface area contributed by atoms with Crippen LogP contribution in [0.5, 0.6) is 0 Å². The van der Waals surface area contributed by atoms with Gasteiger partial charge in [-0.05, 0) is 46.0 Å². The number of carbonyl (C=O) groups is 2. The van der Waals surface area contributed by atoms with Gasteiger partial charge in [0.1, 0.15) is 0 Å². The van der Waals surface area contributed by atoms with E-state index in [2.05, 4.69) is 0 Å². The number of carboxylic acids is 1. The van der Waals surface area contributed by atoms with E-state index in [1.165, 1.54) is 0 Å². The van der Waals surface area contributed by atoms with E-state index in [0.717, 1.165) is 25.8 Å². The normalized spacial score (nSPS) is 33.7. The number of likely N-dealkylation sites (tertiary alicyclic amines) is 1. The van der Waals surface area contributed by atoms with Crippen molar-refractivity contribution in [2.24, 2.45) is 11.3 Å². The van der Waals surface area contributed by atoms with Crippen LogP contribution in [0.1, 0.15) is 46.0 Å². The number of hydrogen-bond acceptors (Lipinski definition) is 2. The van der Waals surface area contributed by atoms with E-state index in [1.807, 2.05) is 18.7 Å². The second-order valence-corrected chi connectivity index (χ2v) is 5.74. The molecule has 0 aromatic heterocycles. The van der Waals surface area contributed by atoms with E-state index in [9.17, 15) is 9.59 Å². The number of carbonyl (C=O) groups excluding carboxylic acids is 1. The molecule has 0 bridgehead atoms. The molecule has 4 nitrogen and oxygen atoms in total. The van der Waals surface area contributed by atoms with Gasteiger partial charge in [-0.2, -0.15) is 0 Å². The number of aliphatic carboxylic acids is 1. The third-order valence-electron chi connectivity index (χ3n) is 4.46. The zero-order valence-electron chi connectivity index (χ0n) is 10.6. The van der Waals surface area contributed by atoms with Crippen molar-refractivity contribution in [1.29, 1.82) is 0 Å². The molecule has 1 aliphatic carbocycles. The topological polar surface area (TPSA) is 57.6 Å². The quantitative estimate of drug-likeness (QED) is 0.800. The van der Waals surface area contributed by atoms with E-state index in [0.29, 0.717) is 12.8 Å². The Morgan fingerprint density at radius 3 is 2.35 bits per heavy atom. The highest BCUT2D eigenvalue weighted by molar-refractivity contribution is 5.85. The number of amides is 1. The lowest BCUT2D eigenvalue weighted by molar-refractivity contribution is -0.147. The minimum atomic E-state index is -0.703. The Morgan fingerprint density at radius 1 is 1.35 bits per heavy atom. The van der Waals surface area contributed by atoms with Gasteiger partial charge in [-0.25, -0.2) is 0 Å². The van der Waals surface area contributed by atoms with Crippen molar-refractivity contribution in [2.75, 3.05) is 6.54 Å². The molecule has 0 unspecified atom stereocenters. The molecule has 1 aliphatic heterocycles. The van der Waals surface area contributed by atoms with E-state index >= 15 is 0 Å². The fourth-order valence-corrected chi connectivity index (χ4v) is 3.22. The highest BCUT2D eigenvalue weighted by Gasteiger charge is 2.49. The summed E-state index contributed by atoms with van der Waals surface area (Å²) in [5, 5.41) is 8.98. The van der Waals surface area contributed by atoms with Crippen LogP contribution in [0, 0.1) is 11.3 Å². The molecule has 4 heteroatoms. The third-order valence-corrected chi connectivity index (χ3v) is 4.46. The van der Waals surface area contributed by atoms with Gasteiger partial charge in [-0.1, -0.05) is 0 Å². The molecule has 17 heavy (non-hydrogen) atoms. The smallest absolute Gasteiger partial charge is 0.306 e. The lowest BCUT2D eigenvalue weighted by atomic mass is 9.69. The minimum absolute atomic E-state index is 0.226. The molecule has 96 valence electrons. The summed E-state index contributed by atoms with van der Waals surface area (Å²) in [6.07, 6.45) is 3.74. The van der Waals surface area contributed by atoms with Gasteiger partial charge in [0.25, 0.3) is 0 Å². The first-order valence-corrected chi connectivity index (χ1v) is 6.50. The number of carboxylic acid groups (broad SMARTS) is 1. The van der Waals surface area contributed by atoms with Crippen molar-refractivity contribution in [3.63, 3.8) is 0 Å². The summed E-state index contributed by atoms with van der Waals surface area (Å²) in [4.78, 5) is 25.2.